The van der Waals surface area contributed by atoms with Crippen LogP contribution in [0.15, 0.2) is 0 Å². The van der Waals surface area contributed by atoms with Crippen molar-refractivity contribution in [3.63, 3.8) is 0 Å². The normalized spacial score (nSPS) is 24.8. The standard InChI is InChI=1S/6C12H23O2PS2.Mo/c6*16-15(17,13-11-7-3-1-4-8-11)14-12-9-5-2-6-10-12;/h6*11-12H,1-10H2,(H,16,17);/p-6. The topological polar surface area (TPSA) is 111 Å². The van der Waals surface area contributed by atoms with Crippen LogP contribution >= 0.6 is 34.2 Å². The molecule has 0 N–H and O–H groups in total. The van der Waals surface area contributed by atoms with E-state index in [0.29, 0.717) is 0 Å². The fourth-order valence-electron chi connectivity index (χ4n) is 16.4. The molecule has 12 aliphatic rings. The summed E-state index contributed by atoms with van der Waals surface area (Å²) in [5.41, 5.74) is -14.5. The first-order valence-electron chi connectivity index (χ1n) is 41.0. The average Bonchev–Trinajstić information content (AvgIpc) is 0.933. The molecule has 0 saturated heterocycles. The Morgan fingerprint density at radius 1 is 0.136 bits per heavy atom. The first-order valence-corrected chi connectivity index (χ1v) is 62.9. The van der Waals surface area contributed by atoms with E-state index in [2.05, 4.69) is 0 Å². The van der Waals surface area contributed by atoms with Gasteiger partial charge in [-0.2, -0.15) is 0 Å². The Morgan fingerprint density at radius 2 is 0.194 bits per heavy atom. The van der Waals surface area contributed by atoms with Crippen LogP contribution in [-0.4, -0.2) is 73.2 Å². The largest absolute Gasteiger partial charge is 0.691 e. The number of hydrogen-bond acceptors (Lipinski definition) is 24. The van der Waals surface area contributed by atoms with Gasteiger partial charge in [0.05, 0.1) is 107 Å². The second-order valence-electron chi connectivity index (χ2n) is 31.1. The minimum absolute atomic E-state index is 0. The van der Waals surface area contributed by atoms with Gasteiger partial charge in [-0.15, -0.1) is 0 Å². The van der Waals surface area contributed by atoms with Gasteiger partial charge in [0.1, 0.15) is 0 Å². The Labute approximate surface area is 705 Å². The quantitative estimate of drug-likeness (QED) is 0.0519. The van der Waals surface area contributed by atoms with E-state index in [9.17, 15) is 0 Å². The predicted molar refractivity (Wildman–Crippen MR) is 465 cm³/mol. The van der Waals surface area contributed by atoms with Crippen molar-refractivity contribution < 1.29 is 75.4 Å². The number of hydrogen-bond donors (Lipinski definition) is 0. The van der Waals surface area contributed by atoms with E-state index in [-0.39, 0.29) is 94.3 Å². The van der Waals surface area contributed by atoms with Crippen LogP contribution in [-0.2, 0) is 220 Å². The van der Waals surface area contributed by atoms with E-state index in [1.807, 2.05) is 0 Å². The molecule has 0 atom stereocenters. The molecule has 103 heavy (non-hydrogen) atoms. The Kier molecular flexibility index (Phi) is 52.5. The van der Waals surface area contributed by atoms with E-state index < -0.39 is 34.2 Å². The van der Waals surface area contributed by atoms with Gasteiger partial charge in [0.2, 0.25) is 0 Å². The monoisotopic (exact) mass is 1860 g/mol. The van der Waals surface area contributed by atoms with Gasteiger partial charge < -0.3 is 128 Å². The van der Waals surface area contributed by atoms with Gasteiger partial charge in [-0.05, 0) is 154 Å². The van der Waals surface area contributed by atoms with E-state index in [0.717, 1.165) is 154 Å². The molecule has 0 bridgehead atoms. The summed E-state index contributed by atoms with van der Waals surface area (Å²) in [7, 11) is 0. The molecule has 606 valence electrons. The first-order chi connectivity index (χ1) is 48.9. The van der Waals surface area contributed by atoms with E-state index in [4.69, 9.17) is 199 Å². The summed E-state index contributed by atoms with van der Waals surface area (Å²) < 4.78 is 70.8. The molecule has 0 aliphatic heterocycles. The Hall–Kier alpha value is 6.21. The summed E-state index contributed by atoms with van der Waals surface area (Å²) >= 11 is 64.6. The second-order valence-corrected chi connectivity index (χ2v) is 60.4. The van der Waals surface area contributed by atoms with Crippen molar-refractivity contribution in [2.75, 3.05) is 0 Å². The van der Waals surface area contributed by atoms with Crippen molar-refractivity contribution in [2.24, 2.45) is 0 Å². The SMILES string of the molecule is S=P([S-])(OC1CCCCC1)OC1CCCCC1.S=P([S-])(OC1CCCCC1)OC1CCCCC1.S=P([S-])(OC1CCCCC1)OC1CCCCC1.S=P([S-])(OC1CCCCC1)OC1CCCCC1.S=P([S-])(OC1CCCCC1)OC1CCCCC1.S=P([S-])(OC1CCCCC1)OC1CCCCC1.[Mo]. The van der Waals surface area contributed by atoms with Crippen molar-refractivity contribution in [1.82, 2.24) is 0 Å². The molecular weight excluding hydrogens is 1720 g/mol. The summed E-state index contributed by atoms with van der Waals surface area (Å²) in [4.78, 5) is 0. The molecule has 0 heterocycles. The minimum Gasteiger partial charge on any atom is -0.691 e. The summed E-state index contributed by atoms with van der Waals surface area (Å²) in [6.45, 7) is 0. The predicted octanol–water partition coefficient (Wildman–Crippen LogP) is 26.7. The molecule has 0 amide bonds. The van der Waals surface area contributed by atoms with E-state index in [1.54, 1.807) is 0 Å². The maximum atomic E-state index is 5.90. The molecule has 31 heteroatoms. The van der Waals surface area contributed by atoms with Crippen LogP contribution in [0.25, 0.3) is 0 Å². The second kappa shape index (κ2) is 55.1. The fourth-order valence-corrected chi connectivity index (χ4v) is 32.4. The van der Waals surface area contributed by atoms with E-state index in [1.165, 1.54) is 231 Å². The zero-order valence-corrected chi connectivity index (χ0v) is 79.4. The third-order valence-corrected chi connectivity index (χ3v) is 34.8. The van der Waals surface area contributed by atoms with Crippen molar-refractivity contribution in [1.29, 1.82) is 0 Å². The van der Waals surface area contributed by atoms with Crippen LogP contribution in [0.1, 0.15) is 385 Å². The van der Waals surface area contributed by atoms with Gasteiger partial charge in [0.15, 0.2) is 0 Å². The maximum absolute atomic E-state index is 5.90. The molecule has 0 aromatic carbocycles. The summed E-state index contributed by atoms with van der Waals surface area (Å²) in [6, 6.07) is 0. The zero-order valence-electron chi connectivity index (χ0n) is 62.2. The van der Waals surface area contributed by atoms with Gasteiger partial charge in [-0.1, -0.05) is 302 Å². The van der Waals surface area contributed by atoms with Crippen molar-refractivity contribution >= 4 is 178 Å². The summed E-state index contributed by atoms with van der Waals surface area (Å²) in [5, 5.41) is 0. The van der Waals surface area contributed by atoms with E-state index >= 15 is 0 Å². The van der Waals surface area contributed by atoms with Gasteiger partial charge in [0.25, 0.3) is 0 Å². The molecule has 0 aromatic rings. The first kappa shape index (κ1) is 98.0. The Balaban J connectivity index is 0.000000194. The molecule has 12 fully saturated rings. The molecule has 0 spiro atoms. The third-order valence-electron chi connectivity index (χ3n) is 22.0. The fraction of sp³-hybridized carbons (Fsp3) is 1.00. The molecule has 12 aliphatic carbocycles. The van der Waals surface area contributed by atoms with Crippen molar-refractivity contribution in [3.05, 3.63) is 0 Å². The van der Waals surface area contributed by atoms with Gasteiger partial charge in [0, 0.05) is 21.1 Å². The van der Waals surface area contributed by atoms with Gasteiger partial charge >= 0.3 is 0 Å². The molecule has 0 unspecified atom stereocenters. The van der Waals surface area contributed by atoms with Gasteiger partial charge in [-0.25, -0.2) is 0 Å². The van der Waals surface area contributed by atoms with Crippen LogP contribution in [0, 0.1) is 0 Å². The molecule has 12 nitrogen and oxygen atoms in total. The van der Waals surface area contributed by atoms with Crippen LogP contribution in [0.5, 0.6) is 0 Å². The van der Waals surface area contributed by atoms with Crippen molar-refractivity contribution in [2.45, 2.75) is 458 Å². The van der Waals surface area contributed by atoms with Gasteiger partial charge in [-0.3, -0.25) is 0 Å². The number of rotatable bonds is 24. The smallest absolute Gasteiger partial charge is 0.0631 e. The van der Waals surface area contributed by atoms with Crippen LogP contribution in [0.4, 0.5) is 0 Å². The van der Waals surface area contributed by atoms with Crippen LogP contribution in [0.2, 0.25) is 0 Å². The molecule has 0 aromatic heterocycles. The molecule has 12 rings (SSSR count). The molecular formula is C72H132MoO12P6S12-6. The molecule has 12 saturated carbocycles. The minimum atomic E-state index is -2.41. The third kappa shape index (κ3) is 46.4. The Bertz CT molecular complexity index is 1940. The Morgan fingerprint density at radius 3 is 0.252 bits per heavy atom. The summed E-state index contributed by atoms with van der Waals surface area (Å²) in [5.74, 6) is 0. The van der Waals surface area contributed by atoms with Crippen LogP contribution in [0.3, 0.4) is 0 Å². The van der Waals surface area contributed by atoms with Crippen molar-refractivity contribution in [3.8, 4) is 0 Å². The summed E-state index contributed by atoms with van der Waals surface area (Å²) in [6.07, 6.45) is 75.9. The molecule has 0 radical (unpaired) electrons. The zero-order chi connectivity index (χ0) is 72.8. The van der Waals surface area contributed by atoms with Crippen LogP contribution < -0.4 is 0 Å². The average molecular weight is 1860 g/mol. The maximum Gasteiger partial charge on any atom is 0.0631 e.